The van der Waals surface area contributed by atoms with Gasteiger partial charge in [0.1, 0.15) is 11.5 Å². The molecule has 0 aliphatic rings. The number of carbonyl (C=O) groups is 2. The van der Waals surface area contributed by atoms with E-state index in [9.17, 15) is 9.59 Å². The summed E-state index contributed by atoms with van der Waals surface area (Å²) in [6, 6.07) is 13.1. The highest BCUT2D eigenvalue weighted by atomic mass is 35.5. The molecule has 0 spiro atoms. The Bertz CT molecular complexity index is 801. The topological polar surface area (TPSA) is 88.7 Å². The van der Waals surface area contributed by atoms with E-state index in [1.54, 1.807) is 48.5 Å². The zero-order valence-electron chi connectivity index (χ0n) is 13.8. The fourth-order valence-corrected chi connectivity index (χ4v) is 2.13. The number of hydrazine groups is 1. The molecule has 7 nitrogen and oxygen atoms in total. The molecule has 0 aliphatic heterocycles. The molecular weight excluding hydrogens is 413 g/mol. The maximum atomic E-state index is 11.7. The molecule has 10 heteroatoms. The SMILES string of the molecule is O=C(COc1ccc(Cl)cc1)NNC(=S)NC(=O)COc1ccc(Cl)cc1. The van der Waals surface area contributed by atoms with Crippen molar-refractivity contribution in [3.63, 3.8) is 0 Å². The van der Waals surface area contributed by atoms with Crippen molar-refractivity contribution in [2.45, 2.75) is 0 Å². The van der Waals surface area contributed by atoms with E-state index >= 15 is 0 Å². The summed E-state index contributed by atoms with van der Waals surface area (Å²) in [7, 11) is 0. The van der Waals surface area contributed by atoms with Crippen LogP contribution < -0.4 is 25.6 Å². The standard InChI is InChI=1S/C17H15Cl2N3O4S/c18-11-1-5-13(6-2-11)25-9-15(23)20-17(27)22-21-16(24)10-26-14-7-3-12(19)4-8-14/h1-8H,9-10H2,(H,21,24)(H2,20,22,23,27). The molecule has 3 N–H and O–H groups in total. The van der Waals surface area contributed by atoms with Crippen molar-refractivity contribution in [1.82, 2.24) is 16.2 Å². The summed E-state index contributed by atoms with van der Waals surface area (Å²) in [6.07, 6.45) is 0. The molecule has 27 heavy (non-hydrogen) atoms. The lowest BCUT2D eigenvalue weighted by molar-refractivity contribution is -0.124. The average Bonchev–Trinajstić information content (AvgIpc) is 2.65. The van der Waals surface area contributed by atoms with Crippen molar-refractivity contribution in [2.24, 2.45) is 0 Å². The van der Waals surface area contributed by atoms with E-state index in [2.05, 4.69) is 16.2 Å². The quantitative estimate of drug-likeness (QED) is 0.484. The Kier molecular flexibility index (Phi) is 8.12. The Morgan fingerprint density at radius 1 is 0.778 bits per heavy atom. The smallest absolute Gasteiger partial charge is 0.276 e. The van der Waals surface area contributed by atoms with E-state index in [1.165, 1.54) is 0 Å². The molecule has 142 valence electrons. The van der Waals surface area contributed by atoms with E-state index in [1.807, 2.05) is 0 Å². The van der Waals surface area contributed by atoms with Crippen LogP contribution >= 0.6 is 35.4 Å². The normalized spacial score (nSPS) is 9.85. The Balaban J connectivity index is 1.62. The third-order valence-electron chi connectivity index (χ3n) is 2.94. The van der Waals surface area contributed by atoms with Crippen LogP contribution in [0.4, 0.5) is 0 Å². The van der Waals surface area contributed by atoms with Gasteiger partial charge in [-0.25, -0.2) is 0 Å². The fraction of sp³-hybridized carbons (Fsp3) is 0.118. The van der Waals surface area contributed by atoms with Gasteiger partial charge in [-0.3, -0.25) is 25.8 Å². The molecular formula is C17H15Cl2N3O4S. The summed E-state index contributed by atoms with van der Waals surface area (Å²) in [4.78, 5) is 23.4. The minimum absolute atomic E-state index is 0.0838. The molecule has 2 amide bonds. The van der Waals surface area contributed by atoms with E-state index < -0.39 is 11.8 Å². The number of carbonyl (C=O) groups excluding carboxylic acids is 2. The first-order valence-corrected chi connectivity index (χ1v) is 8.74. The maximum Gasteiger partial charge on any atom is 0.276 e. The van der Waals surface area contributed by atoms with Crippen molar-refractivity contribution in [1.29, 1.82) is 0 Å². The third-order valence-corrected chi connectivity index (χ3v) is 3.64. The second-order valence-corrected chi connectivity index (χ2v) is 6.32. The van der Waals surface area contributed by atoms with Gasteiger partial charge in [0, 0.05) is 10.0 Å². The first-order chi connectivity index (χ1) is 12.9. The van der Waals surface area contributed by atoms with Crippen LogP contribution in [0.2, 0.25) is 10.0 Å². The zero-order valence-corrected chi connectivity index (χ0v) is 16.2. The van der Waals surface area contributed by atoms with E-state index in [0.717, 1.165) is 0 Å². The predicted molar refractivity (Wildman–Crippen MR) is 106 cm³/mol. The number of hydrogen-bond donors (Lipinski definition) is 3. The van der Waals surface area contributed by atoms with Crippen LogP contribution in [0, 0.1) is 0 Å². The number of halogens is 2. The van der Waals surface area contributed by atoms with Crippen LogP contribution in [0.3, 0.4) is 0 Å². The lowest BCUT2D eigenvalue weighted by Crippen LogP contribution is -2.50. The highest BCUT2D eigenvalue weighted by Gasteiger charge is 2.08. The lowest BCUT2D eigenvalue weighted by atomic mass is 10.3. The molecule has 2 rings (SSSR count). The van der Waals surface area contributed by atoms with Crippen molar-refractivity contribution >= 4 is 52.3 Å². The van der Waals surface area contributed by atoms with Crippen LogP contribution in [0.1, 0.15) is 0 Å². The van der Waals surface area contributed by atoms with Gasteiger partial charge in [0.25, 0.3) is 11.8 Å². The van der Waals surface area contributed by atoms with Gasteiger partial charge in [0.05, 0.1) is 0 Å². The van der Waals surface area contributed by atoms with Crippen LogP contribution in [0.5, 0.6) is 11.5 Å². The van der Waals surface area contributed by atoms with Gasteiger partial charge in [0.15, 0.2) is 18.3 Å². The maximum absolute atomic E-state index is 11.7. The van der Waals surface area contributed by atoms with E-state index in [0.29, 0.717) is 21.5 Å². The molecule has 0 saturated carbocycles. The first kappa shape index (κ1) is 20.8. The summed E-state index contributed by atoms with van der Waals surface area (Å²) in [5.41, 5.74) is 4.69. The molecule has 2 aromatic carbocycles. The highest BCUT2D eigenvalue weighted by Crippen LogP contribution is 2.15. The molecule has 0 aromatic heterocycles. The molecule has 0 bridgehead atoms. The first-order valence-electron chi connectivity index (χ1n) is 7.58. The Hall–Kier alpha value is -2.55. The molecule has 0 radical (unpaired) electrons. The monoisotopic (exact) mass is 427 g/mol. The molecule has 0 aliphatic carbocycles. The number of amides is 2. The summed E-state index contributed by atoms with van der Waals surface area (Å²) >= 11 is 16.4. The number of rotatable bonds is 6. The number of hydrogen-bond acceptors (Lipinski definition) is 5. The molecule has 0 unspecified atom stereocenters. The minimum Gasteiger partial charge on any atom is -0.484 e. The van der Waals surface area contributed by atoms with Gasteiger partial charge in [-0.1, -0.05) is 23.2 Å². The Labute approximate surface area is 170 Å². The van der Waals surface area contributed by atoms with Gasteiger partial charge < -0.3 is 9.47 Å². The number of nitrogens with one attached hydrogen (secondary N) is 3. The third kappa shape index (κ3) is 8.12. The summed E-state index contributed by atoms with van der Waals surface area (Å²) < 4.78 is 10.5. The van der Waals surface area contributed by atoms with Crippen LogP contribution in [-0.4, -0.2) is 30.1 Å². The van der Waals surface area contributed by atoms with Crippen molar-refractivity contribution in [2.75, 3.05) is 13.2 Å². The minimum atomic E-state index is -0.492. The fourth-order valence-electron chi connectivity index (χ4n) is 1.72. The van der Waals surface area contributed by atoms with E-state index in [4.69, 9.17) is 44.9 Å². The van der Waals surface area contributed by atoms with Crippen LogP contribution in [0.25, 0.3) is 0 Å². The van der Waals surface area contributed by atoms with Crippen molar-refractivity contribution in [3.8, 4) is 11.5 Å². The number of ether oxygens (including phenoxy) is 2. The van der Waals surface area contributed by atoms with Crippen LogP contribution in [-0.2, 0) is 9.59 Å². The van der Waals surface area contributed by atoms with Crippen molar-refractivity contribution in [3.05, 3.63) is 58.6 Å². The van der Waals surface area contributed by atoms with Gasteiger partial charge in [0.2, 0.25) is 0 Å². The molecule has 2 aromatic rings. The predicted octanol–water partition coefficient (Wildman–Crippen LogP) is 2.47. The van der Waals surface area contributed by atoms with Gasteiger partial charge in [-0.2, -0.15) is 0 Å². The summed E-state index contributed by atoms with van der Waals surface area (Å²) in [5.74, 6) is -0.000988. The van der Waals surface area contributed by atoms with E-state index in [-0.39, 0.29) is 18.3 Å². The molecule has 0 saturated heterocycles. The Morgan fingerprint density at radius 2 is 1.22 bits per heavy atom. The second-order valence-electron chi connectivity index (χ2n) is 5.04. The highest BCUT2D eigenvalue weighted by molar-refractivity contribution is 7.80. The zero-order chi connectivity index (χ0) is 19.6. The van der Waals surface area contributed by atoms with Gasteiger partial charge in [-0.05, 0) is 60.7 Å². The Morgan fingerprint density at radius 3 is 1.70 bits per heavy atom. The van der Waals surface area contributed by atoms with Gasteiger partial charge in [-0.15, -0.1) is 0 Å². The molecule has 0 fully saturated rings. The number of thiocarbonyl (C=S) groups is 1. The van der Waals surface area contributed by atoms with Crippen LogP contribution in [0.15, 0.2) is 48.5 Å². The average molecular weight is 428 g/mol. The lowest BCUT2D eigenvalue weighted by Gasteiger charge is -2.12. The second kappa shape index (κ2) is 10.6. The molecule has 0 atom stereocenters. The molecule has 0 heterocycles. The number of benzene rings is 2. The van der Waals surface area contributed by atoms with Gasteiger partial charge >= 0.3 is 0 Å². The van der Waals surface area contributed by atoms with Crippen molar-refractivity contribution < 1.29 is 19.1 Å². The summed E-state index contributed by atoms with van der Waals surface area (Å²) in [5, 5.41) is 3.40. The summed E-state index contributed by atoms with van der Waals surface area (Å²) in [6.45, 7) is -0.498. The largest absolute Gasteiger partial charge is 0.484 e.